The molecule has 0 saturated carbocycles. The molecule has 0 spiro atoms. The fourth-order valence-corrected chi connectivity index (χ4v) is 1.41. The Kier molecular flexibility index (Phi) is 6.89. The first-order valence-electron chi connectivity index (χ1n) is 7.55. The van der Waals surface area contributed by atoms with E-state index in [-0.39, 0.29) is 29.3 Å². The Morgan fingerprint density at radius 2 is 1.50 bits per heavy atom. The number of carbonyl (C=O) groups is 2. The van der Waals surface area contributed by atoms with Crippen LogP contribution in [0.2, 0.25) is 0 Å². The quantitative estimate of drug-likeness (QED) is 0.569. The van der Waals surface area contributed by atoms with E-state index >= 15 is 0 Å². The lowest BCUT2D eigenvalue weighted by atomic mass is 10.2. The summed E-state index contributed by atoms with van der Waals surface area (Å²) in [6, 6.07) is 4.83. The molecule has 122 valence electrons. The van der Waals surface area contributed by atoms with Gasteiger partial charge in [-0.1, -0.05) is 34.6 Å². The van der Waals surface area contributed by atoms with Gasteiger partial charge in [-0.25, -0.2) is 0 Å². The Balaban J connectivity index is 3.02. The van der Waals surface area contributed by atoms with Gasteiger partial charge < -0.3 is 14.2 Å². The van der Waals surface area contributed by atoms with Gasteiger partial charge in [-0.3, -0.25) is 9.59 Å². The van der Waals surface area contributed by atoms with E-state index in [2.05, 4.69) is 0 Å². The van der Waals surface area contributed by atoms with E-state index in [9.17, 15) is 9.59 Å². The molecule has 0 unspecified atom stereocenters. The van der Waals surface area contributed by atoms with E-state index in [1.807, 2.05) is 6.92 Å². The number of benzene rings is 1. The van der Waals surface area contributed by atoms with Crippen molar-refractivity contribution in [3.05, 3.63) is 18.2 Å². The summed E-state index contributed by atoms with van der Waals surface area (Å²) in [5, 5.41) is 0. The molecule has 0 saturated heterocycles. The van der Waals surface area contributed by atoms with Crippen molar-refractivity contribution in [2.75, 3.05) is 6.61 Å². The van der Waals surface area contributed by atoms with Gasteiger partial charge in [0.25, 0.3) is 0 Å². The van der Waals surface area contributed by atoms with Gasteiger partial charge in [-0.15, -0.1) is 0 Å². The molecule has 5 nitrogen and oxygen atoms in total. The van der Waals surface area contributed by atoms with Crippen LogP contribution in [-0.4, -0.2) is 18.5 Å². The van der Waals surface area contributed by atoms with Crippen molar-refractivity contribution in [2.45, 2.75) is 41.0 Å². The largest absolute Gasteiger partial charge is 0.493 e. The van der Waals surface area contributed by atoms with Crippen molar-refractivity contribution < 1.29 is 23.8 Å². The summed E-state index contributed by atoms with van der Waals surface area (Å²) in [5.41, 5.74) is 0. The summed E-state index contributed by atoms with van der Waals surface area (Å²) in [6.07, 6.45) is 0.866. The fraction of sp³-hybridized carbons (Fsp3) is 0.529. The molecule has 0 aromatic heterocycles. The Hall–Kier alpha value is -2.04. The van der Waals surface area contributed by atoms with Crippen LogP contribution < -0.4 is 14.2 Å². The zero-order chi connectivity index (χ0) is 16.7. The highest BCUT2D eigenvalue weighted by Crippen LogP contribution is 2.33. The van der Waals surface area contributed by atoms with Crippen LogP contribution in [0.25, 0.3) is 0 Å². The molecular weight excluding hydrogens is 284 g/mol. The Morgan fingerprint density at radius 3 is 2.00 bits per heavy atom. The number of ether oxygens (including phenoxy) is 3. The fourth-order valence-electron chi connectivity index (χ4n) is 1.41. The molecule has 1 aromatic carbocycles. The van der Waals surface area contributed by atoms with E-state index in [0.717, 1.165) is 6.42 Å². The van der Waals surface area contributed by atoms with Crippen molar-refractivity contribution >= 4 is 11.9 Å². The van der Waals surface area contributed by atoms with E-state index < -0.39 is 5.97 Å². The predicted octanol–water partition coefficient (Wildman–Crippen LogP) is 3.60. The normalized spacial score (nSPS) is 10.7. The molecule has 0 N–H and O–H groups in total. The van der Waals surface area contributed by atoms with Gasteiger partial charge in [0.2, 0.25) is 0 Å². The zero-order valence-corrected chi connectivity index (χ0v) is 13.8. The summed E-state index contributed by atoms with van der Waals surface area (Å²) in [5.74, 6) is -0.354. The van der Waals surface area contributed by atoms with E-state index in [4.69, 9.17) is 14.2 Å². The summed E-state index contributed by atoms with van der Waals surface area (Å²) in [7, 11) is 0. The topological polar surface area (TPSA) is 61.8 Å². The molecule has 0 heterocycles. The third kappa shape index (κ3) is 5.39. The average Bonchev–Trinajstić information content (AvgIpc) is 2.46. The molecule has 1 rings (SSSR count). The van der Waals surface area contributed by atoms with Crippen molar-refractivity contribution in [3.63, 3.8) is 0 Å². The smallest absolute Gasteiger partial charge is 0.313 e. The van der Waals surface area contributed by atoms with Gasteiger partial charge in [0.15, 0.2) is 11.5 Å². The van der Waals surface area contributed by atoms with Crippen LogP contribution in [0.3, 0.4) is 0 Å². The maximum absolute atomic E-state index is 11.8. The summed E-state index contributed by atoms with van der Waals surface area (Å²) in [6.45, 7) is 9.50. The zero-order valence-electron chi connectivity index (χ0n) is 13.8. The van der Waals surface area contributed by atoms with Crippen molar-refractivity contribution in [1.82, 2.24) is 0 Å². The van der Waals surface area contributed by atoms with E-state index in [0.29, 0.717) is 12.4 Å². The number of rotatable bonds is 7. The first-order valence-corrected chi connectivity index (χ1v) is 7.55. The lowest BCUT2D eigenvalue weighted by molar-refractivity contribution is -0.140. The molecule has 0 radical (unpaired) electrons. The number of esters is 2. The Labute approximate surface area is 131 Å². The summed E-state index contributed by atoms with van der Waals surface area (Å²) in [4.78, 5) is 23.6. The molecule has 0 bridgehead atoms. The average molecular weight is 308 g/mol. The second kappa shape index (κ2) is 8.41. The van der Waals surface area contributed by atoms with Crippen LogP contribution in [0.5, 0.6) is 17.2 Å². The summed E-state index contributed by atoms with van der Waals surface area (Å²) < 4.78 is 16.1. The second-order valence-electron chi connectivity index (χ2n) is 5.61. The highest BCUT2D eigenvalue weighted by molar-refractivity contribution is 5.78. The van der Waals surface area contributed by atoms with Gasteiger partial charge in [-0.2, -0.15) is 0 Å². The maximum atomic E-state index is 11.8. The standard InChI is InChI=1S/C17H24O5/c1-6-9-20-13-7-8-14(21-16(18)11(2)3)15(10-13)22-17(19)12(4)5/h7-8,10-12H,6,9H2,1-5H3. The monoisotopic (exact) mass is 308 g/mol. The van der Waals surface area contributed by atoms with Gasteiger partial charge in [-0.05, 0) is 18.6 Å². The summed E-state index contributed by atoms with van der Waals surface area (Å²) >= 11 is 0. The number of hydrogen-bond acceptors (Lipinski definition) is 5. The number of carbonyl (C=O) groups excluding carboxylic acids is 2. The minimum Gasteiger partial charge on any atom is -0.493 e. The Morgan fingerprint density at radius 1 is 0.955 bits per heavy atom. The third-order valence-corrected chi connectivity index (χ3v) is 2.75. The van der Waals surface area contributed by atoms with Crippen molar-refractivity contribution in [3.8, 4) is 17.2 Å². The van der Waals surface area contributed by atoms with E-state index in [1.54, 1.807) is 45.9 Å². The Bertz CT molecular complexity index is 520. The molecule has 0 amide bonds. The molecular formula is C17H24O5. The first-order chi connectivity index (χ1) is 10.3. The SMILES string of the molecule is CCCOc1ccc(OC(=O)C(C)C)c(OC(=O)C(C)C)c1. The van der Waals surface area contributed by atoms with Crippen LogP contribution in [0, 0.1) is 11.8 Å². The predicted molar refractivity (Wildman–Crippen MR) is 83.2 cm³/mol. The second-order valence-corrected chi connectivity index (χ2v) is 5.61. The molecule has 5 heteroatoms. The number of hydrogen-bond donors (Lipinski definition) is 0. The van der Waals surface area contributed by atoms with E-state index in [1.165, 1.54) is 0 Å². The van der Waals surface area contributed by atoms with Crippen LogP contribution >= 0.6 is 0 Å². The molecule has 0 aliphatic rings. The third-order valence-electron chi connectivity index (χ3n) is 2.75. The van der Waals surface area contributed by atoms with Gasteiger partial charge in [0, 0.05) is 6.07 Å². The highest BCUT2D eigenvalue weighted by Gasteiger charge is 2.18. The minimum absolute atomic E-state index is 0.196. The van der Waals surface area contributed by atoms with Gasteiger partial charge in [0.05, 0.1) is 18.4 Å². The molecule has 22 heavy (non-hydrogen) atoms. The van der Waals surface area contributed by atoms with Crippen LogP contribution in [-0.2, 0) is 9.59 Å². The van der Waals surface area contributed by atoms with Crippen LogP contribution in [0.4, 0.5) is 0 Å². The van der Waals surface area contributed by atoms with Crippen LogP contribution in [0.1, 0.15) is 41.0 Å². The molecule has 0 fully saturated rings. The van der Waals surface area contributed by atoms with Gasteiger partial charge in [0.1, 0.15) is 5.75 Å². The minimum atomic E-state index is -0.394. The van der Waals surface area contributed by atoms with Crippen molar-refractivity contribution in [1.29, 1.82) is 0 Å². The molecule has 1 aromatic rings. The lowest BCUT2D eigenvalue weighted by Gasteiger charge is -2.14. The molecule has 0 atom stereocenters. The maximum Gasteiger partial charge on any atom is 0.313 e. The highest BCUT2D eigenvalue weighted by atomic mass is 16.6. The van der Waals surface area contributed by atoms with Gasteiger partial charge >= 0.3 is 11.9 Å². The first kappa shape index (κ1) is 18.0. The molecule has 0 aliphatic heterocycles. The van der Waals surface area contributed by atoms with Crippen molar-refractivity contribution in [2.24, 2.45) is 11.8 Å². The lowest BCUT2D eigenvalue weighted by Crippen LogP contribution is -2.18. The van der Waals surface area contributed by atoms with Crippen LogP contribution in [0.15, 0.2) is 18.2 Å². The molecule has 0 aliphatic carbocycles.